The number of morpholine rings is 1. The van der Waals surface area contributed by atoms with Gasteiger partial charge in [-0.3, -0.25) is 0 Å². The van der Waals surface area contributed by atoms with E-state index in [-0.39, 0.29) is 19.7 Å². The largest absolute Gasteiger partial charge is 0.389 e. The minimum absolute atomic E-state index is 0.0759. The Hall–Kier alpha value is -0.850. The van der Waals surface area contributed by atoms with Crippen LogP contribution in [0.1, 0.15) is 12.8 Å². The molecule has 5 nitrogen and oxygen atoms in total. The highest BCUT2D eigenvalue weighted by atomic mass is 32.2. The lowest BCUT2D eigenvalue weighted by Crippen LogP contribution is -2.45. The first-order valence-electron chi connectivity index (χ1n) is 5.30. The van der Waals surface area contributed by atoms with Crippen molar-refractivity contribution in [3.63, 3.8) is 0 Å². The van der Waals surface area contributed by atoms with E-state index in [4.69, 9.17) is 10.00 Å². The quantitative estimate of drug-likeness (QED) is 0.769. The first-order valence-corrected chi connectivity index (χ1v) is 6.91. The molecule has 1 fully saturated rings. The van der Waals surface area contributed by atoms with Crippen molar-refractivity contribution < 1.29 is 26.3 Å². The molecule has 1 heterocycles. The van der Waals surface area contributed by atoms with Gasteiger partial charge in [-0.25, -0.2) is 8.42 Å². The van der Waals surface area contributed by atoms with Crippen LogP contribution in [0.15, 0.2) is 0 Å². The molecule has 1 aliphatic rings. The van der Waals surface area contributed by atoms with Crippen molar-refractivity contribution in [1.29, 1.82) is 5.26 Å². The van der Waals surface area contributed by atoms with Crippen molar-refractivity contribution in [3.8, 4) is 6.07 Å². The molecule has 1 atom stereocenters. The predicted octanol–water partition coefficient (Wildman–Crippen LogP) is 0.883. The zero-order chi connectivity index (χ0) is 13.8. The Bertz CT molecular complexity index is 416. The standard InChI is InChI=1S/C9H13F3N2O3S/c10-9(11,12)2-1-5-18(15,16)14-3-4-17-8(6-13)7-14/h8H,1-5,7H2. The third-order valence-corrected chi connectivity index (χ3v) is 4.35. The number of rotatable bonds is 4. The molecule has 104 valence electrons. The Balaban J connectivity index is 2.51. The second kappa shape index (κ2) is 5.86. The third-order valence-electron chi connectivity index (χ3n) is 2.43. The van der Waals surface area contributed by atoms with Gasteiger partial charge in [0.15, 0.2) is 6.10 Å². The Morgan fingerprint density at radius 1 is 1.44 bits per heavy atom. The molecule has 1 aliphatic heterocycles. The summed E-state index contributed by atoms with van der Waals surface area (Å²) in [5.74, 6) is -0.565. The van der Waals surface area contributed by atoms with Gasteiger partial charge in [0.05, 0.1) is 25.0 Å². The second-order valence-electron chi connectivity index (χ2n) is 3.88. The molecule has 0 aromatic carbocycles. The summed E-state index contributed by atoms with van der Waals surface area (Å²) in [4.78, 5) is 0. The molecule has 0 saturated carbocycles. The summed E-state index contributed by atoms with van der Waals surface area (Å²) < 4.78 is 65.2. The van der Waals surface area contributed by atoms with E-state index in [0.29, 0.717) is 0 Å². The summed E-state index contributed by atoms with van der Waals surface area (Å²) in [6.45, 7) is 0.0358. The van der Waals surface area contributed by atoms with Gasteiger partial charge in [0.25, 0.3) is 0 Å². The molecular weight excluding hydrogens is 273 g/mol. The molecule has 0 amide bonds. The van der Waals surface area contributed by atoms with E-state index >= 15 is 0 Å². The average Bonchev–Trinajstić information content (AvgIpc) is 2.27. The van der Waals surface area contributed by atoms with E-state index < -0.39 is 40.9 Å². The van der Waals surface area contributed by atoms with Gasteiger partial charge in [0.2, 0.25) is 10.0 Å². The van der Waals surface area contributed by atoms with Crippen LogP contribution in [0.5, 0.6) is 0 Å². The van der Waals surface area contributed by atoms with Crippen molar-refractivity contribution >= 4 is 10.0 Å². The molecule has 1 rings (SSSR count). The zero-order valence-electron chi connectivity index (χ0n) is 9.48. The molecule has 0 aromatic rings. The maximum Gasteiger partial charge on any atom is 0.389 e. The van der Waals surface area contributed by atoms with Gasteiger partial charge in [-0.05, 0) is 6.42 Å². The molecule has 0 bridgehead atoms. The van der Waals surface area contributed by atoms with Gasteiger partial charge in [-0.1, -0.05) is 0 Å². The third kappa shape index (κ3) is 4.80. The molecule has 18 heavy (non-hydrogen) atoms. The van der Waals surface area contributed by atoms with Crippen LogP contribution in [0.4, 0.5) is 13.2 Å². The van der Waals surface area contributed by atoms with Crippen LogP contribution in [0, 0.1) is 11.3 Å². The fourth-order valence-corrected chi connectivity index (χ4v) is 3.02. The Morgan fingerprint density at radius 3 is 2.67 bits per heavy atom. The molecule has 1 saturated heterocycles. The molecule has 0 spiro atoms. The smallest absolute Gasteiger partial charge is 0.361 e. The van der Waals surface area contributed by atoms with Crippen LogP contribution >= 0.6 is 0 Å². The first kappa shape index (κ1) is 15.2. The lowest BCUT2D eigenvalue weighted by Gasteiger charge is -2.28. The number of nitriles is 1. The number of hydrogen-bond donors (Lipinski definition) is 0. The fraction of sp³-hybridized carbons (Fsp3) is 0.889. The Morgan fingerprint density at radius 2 is 2.11 bits per heavy atom. The highest BCUT2D eigenvalue weighted by molar-refractivity contribution is 7.89. The van der Waals surface area contributed by atoms with E-state index in [9.17, 15) is 21.6 Å². The SMILES string of the molecule is N#CC1CN(S(=O)(=O)CCCC(F)(F)F)CCO1. The number of sulfonamides is 1. The van der Waals surface area contributed by atoms with Crippen LogP contribution in [-0.2, 0) is 14.8 Å². The van der Waals surface area contributed by atoms with Crippen molar-refractivity contribution in [2.45, 2.75) is 25.1 Å². The van der Waals surface area contributed by atoms with Crippen LogP contribution < -0.4 is 0 Å². The van der Waals surface area contributed by atoms with Crippen LogP contribution in [0.2, 0.25) is 0 Å². The van der Waals surface area contributed by atoms with Crippen molar-refractivity contribution in [3.05, 3.63) is 0 Å². The number of ether oxygens (including phenoxy) is 1. The highest BCUT2D eigenvalue weighted by Gasteiger charge is 2.31. The van der Waals surface area contributed by atoms with Gasteiger partial charge in [-0.15, -0.1) is 0 Å². The average molecular weight is 286 g/mol. The number of nitrogens with zero attached hydrogens (tertiary/aromatic N) is 2. The lowest BCUT2D eigenvalue weighted by atomic mass is 10.3. The molecule has 0 aliphatic carbocycles. The molecule has 0 radical (unpaired) electrons. The van der Waals surface area contributed by atoms with E-state index in [1.54, 1.807) is 6.07 Å². The molecular formula is C9H13F3N2O3S. The number of alkyl halides is 3. The summed E-state index contributed by atoms with van der Waals surface area (Å²) in [5.41, 5.74) is 0. The minimum atomic E-state index is -4.35. The van der Waals surface area contributed by atoms with Crippen molar-refractivity contribution in [2.75, 3.05) is 25.4 Å². The van der Waals surface area contributed by atoms with E-state index in [2.05, 4.69) is 0 Å². The molecule has 9 heteroatoms. The topological polar surface area (TPSA) is 70.4 Å². The van der Waals surface area contributed by atoms with Crippen LogP contribution in [0.25, 0.3) is 0 Å². The highest BCUT2D eigenvalue weighted by Crippen LogP contribution is 2.22. The summed E-state index contributed by atoms with van der Waals surface area (Å²) in [7, 11) is -3.75. The van der Waals surface area contributed by atoms with Gasteiger partial charge in [0.1, 0.15) is 0 Å². The summed E-state index contributed by atoms with van der Waals surface area (Å²) in [6.07, 6.45) is -6.80. The summed E-state index contributed by atoms with van der Waals surface area (Å²) in [6, 6.07) is 1.78. The summed E-state index contributed by atoms with van der Waals surface area (Å²) in [5, 5.41) is 8.61. The monoisotopic (exact) mass is 286 g/mol. The normalized spacial score (nSPS) is 22.7. The first-order chi connectivity index (χ1) is 8.24. The van der Waals surface area contributed by atoms with Gasteiger partial charge < -0.3 is 4.74 Å². The predicted molar refractivity (Wildman–Crippen MR) is 56.0 cm³/mol. The van der Waals surface area contributed by atoms with E-state index in [1.807, 2.05) is 0 Å². The van der Waals surface area contributed by atoms with Crippen molar-refractivity contribution in [1.82, 2.24) is 4.31 Å². The van der Waals surface area contributed by atoms with Gasteiger partial charge in [-0.2, -0.15) is 22.7 Å². The van der Waals surface area contributed by atoms with Gasteiger partial charge >= 0.3 is 6.18 Å². The lowest BCUT2D eigenvalue weighted by molar-refractivity contribution is -0.134. The second-order valence-corrected chi connectivity index (χ2v) is 5.97. The maximum absolute atomic E-state index is 11.9. The number of hydrogen-bond acceptors (Lipinski definition) is 4. The molecule has 0 aromatic heterocycles. The summed E-state index contributed by atoms with van der Waals surface area (Å²) >= 11 is 0. The van der Waals surface area contributed by atoms with E-state index in [0.717, 1.165) is 4.31 Å². The maximum atomic E-state index is 11.9. The zero-order valence-corrected chi connectivity index (χ0v) is 10.3. The van der Waals surface area contributed by atoms with E-state index in [1.165, 1.54) is 0 Å². The molecule has 1 unspecified atom stereocenters. The van der Waals surface area contributed by atoms with Gasteiger partial charge in [0, 0.05) is 13.0 Å². The van der Waals surface area contributed by atoms with Crippen molar-refractivity contribution in [2.24, 2.45) is 0 Å². The minimum Gasteiger partial charge on any atom is -0.361 e. The Kier molecular flexibility index (Phi) is 4.95. The molecule has 0 N–H and O–H groups in total. The number of halogens is 3. The van der Waals surface area contributed by atoms with Crippen LogP contribution in [0.3, 0.4) is 0 Å². The Labute approximate surface area is 103 Å². The van der Waals surface area contributed by atoms with Crippen LogP contribution in [-0.4, -0.2) is 50.5 Å². The fourth-order valence-electron chi connectivity index (χ4n) is 1.54.